The van der Waals surface area contributed by atoms with Crippen LogP contribution in [0.15, 0.2) is 102 Å². The second-order valence-corrected chi connectivity index (χ2v) is 9.47. The number of hydrogen-bond acceptors (Lipinski definition) is 1. The summed E-state index contributed by atoms with van der Waals surface area (Å²) >= 11 is 0. The van der Waals surface area contributed by atoms with E-state index in [1.54, 1.807) is 0 Å². The van der Waals surface area contributed by atoms with E-state index < -0.39 is 0 Å². The van der Waals surface area contributed by atoms with Crippen molar-refractivity contribution in [3.8, 4) is 11.8 Å². The average molecular weight is 451 g/mol. The lowest BCUT2D eigenvalue weighted by Gasteiger charge is -2.28. The zero-order valence-corrected chi connectivity index (χ0v) is 19.8. The van der Waals surface area contributed by atoms with Gasteiger partial charge in [0.05, 0.1) is 23.2 Å². The van der Waals surface area contributed by atoms with Crippen molar-refractivity contribution < 1.29 is 0 Å². The summed E-state index contributed by atoms with van der Waals surface area (Å²) in [5.74, 6) is 0.570. The fourth-order valence-corrected chi connectivity index (χ4v) is 5.57. The first-order valence-electron chi connectivity index (χ1n) is 12.3. The molecule has 0 amide bonds. The number of hydrogen-bond donors (Lipinski definition) is 0. The van der Waals surface area contributed by atoms with Crippen LogP contribution >= 0.6 is 0 Å². The van der Waals surface area contributed by atoms with Crippen molar-refractivity contribution in [3.63, 3.8) is 0 Å². The van der Waals surface area contributed by atoms with Crippen LogP contribution in [0.4, 0.5) is 0 Å². The van der Waals surface area contributed by atoms with Gasteiger partial charge in [0, 0.05) is 28.6 Å². The van der Waals surface area contributed by atoms with Crippen LogP contribution in [0.2, 0.25) is 0 Å². The minimum Gasteiger partial charge on any atom is -0.309 e. The highest BCUT2D eigenvalue weighted by Gasteiger charge is 2.26. The molecular weight excluding hydrogens is 424 g/mol. The summed E-state index contributed by atoms with van der Waals surface area (Å²) in [4.78, 5) is 0. The maximum atomic E-state index is 9.69. The molecule has 2 aromatic carbocycles. The van der Waals surface area contributed by atoms with E-state index in [1.807, 2.05) is 12.2 Å². The Balaban J connectivity index is 1.49. The quantitative estimate of drug-likeness (QED) is 0.229. The number of nitriles is 1. The molecule has 3 aromatic rings. The molecule has 0 saturated heterocycles. The molecule has 0 saturated carbocycles. The molecular formula is C33H26N2. The van der Waals surface area contributed by atoms with E-state index in [9.17, 15) is 5.26 Å². The number of benzene rings is 2. The molecule has 0 aliphatic heterocycles. The molecule has 2 heteroatoms. The number of nitrogens with zero attached hydrogens (tertiary/aromatic N) is 2. The van der Waals surface area contributed by atoms with Crippen LogP contribution in [-0.4, -0.2) is 4.57 Å². The number of allylic oxidation sites excluding steroid dienone is 8. The Morgan fingerprint density at radius 1 is 1.00 bits per heavy atom. The summed E-state index contributed by atoms with van der Waals surface area (Å²) in [6, 6.07) is 19.8. The zero-order valence-electron chi connectivity index (χ0n) is 19.8. The molecule has 3 aliphatic carbocycles. The van der Waals surface area contributed by atoms with Crippen molar-refractivity contribution >= 4 is 28.6 Å². The molecule has 1 aromatic heterocycles. The van der Waals surface area contributed by atoms with Crippen molar-refractivity contribution in [2.24, 2.45) is 17.8 Å². The van der Waals surface area contributed by atoms with E-state index in [4.69, 9.17) is 0 Å². The van der Waals surface area contributed by atoms with Crippen LogP contribution in [0, 0.1) is 29.1 Å². The minimum atomic E-state index is -0.0751. The van der Waals surface area contributed by atoms with E-state index in [1.165, 1.54) is 33.2 Å². The van der Waals surface area contributed by atoms with Crippen molar-refractivity contribution in [1.82, 2.24) is 4.57 Å². The van der Waals surface area contributed by atoms with Gasteiger partial charge in [-0.3, -0.25) is 0 Å². The van der Waals surface area contributed by atoms with Crippen LogP contribution < -0.4 is 0 Å². The van der Waals surface area contributed by atoms with Crippen LogP contribution in [0.5, 0.6) is 0 Å². The summed E-state index contributed by atoms with van der Waals surface area (Å²) < 4.78 is 2.32. The monoisotopic (exact) mass is 450 g/mol. The fraction of sp³-hybridized carbons (Fsp3) is 0.182. The summed E-state index contributed by atoms with van der Waals surface area (Å²) in [7, 11) is 0. The van der Waals surface area contributed by atoms with Gasteiger partial charge in [0.1, 0.15) is 0 Å². The van der Waals surface area contributed by atoms with Crippen LogP contribution in [-0.2, 0) is 0 Å². The third-order valence-corrected chi connectivity index (χ3v) is 7.29. The third-order valence-electron chi connectivity index (χ3n) is 7.29. The molecule has 0 radical (unpaired) electrons. The number of aromatic nitrogens is 1. The number of fused-ring (bicyclic) bond motifs is 3. The number of para-hydroxylation sites is 1. The first-order valence-corrected chi connectivity index (χ1v) is 12.3. The van der Waals surface area contributed by atoms with Crippen molar-refractivity contribution in [3.05, 3.63) is 119 Å². The summed E-state index contributed by atoms with van der Waals surface area (Å²) in [5.41, 5.74) is 14.6. The summed E-state index contributed by atoms with van der Waals surface area (Å²) in [5, 5.41) is 10.9. The normalized spacial score (nSPS) is 22.5. The average Bonchev–Trinajstić information content (AvgIpc) is 3.09. The Bertz CT molecular complexity index is 1600. The van der Waals surface area contributed by atoms with Gasteiger partial charge in [-0.15, -0.1) is 0 Å². The van der Waals surface area contributed by atoms with Crippen molar-refractivity contribution in [1.29, 1.82) is 5.26 Å². The van der Waals surface area contributed by atoms with Crippen molar-refractivity contribution in [2.75, 3.05) is 0 Å². The third kappa shape index (κ3) is 3.69. The lowest BCUT2D eigenvalue weighted by Crippen LogP contribution is -2.15. The highest BCUT2D eigenvalue weighted by atomic mass is 15.0. The molecule has 2 nitrogen and oxygen atoms in total. The van der Waals surface area contributed by atoms with E-state index in [-0.39, 0.29) is 11.8 Å². The van der Waals surface area contributed by atoms with E-state index >= 15 is 0 Å². The van der Waals surface area contributed by atoms with Gasteiger partial charge < -0.3 is 4.57 Å². The van der Waals surface area contributed by atoms with Crippen LogP contribution in [0.1, 0.15) is 36.6 Å². The first-order chi connectivity index (χ1) is 17.2. The first kappa shape index (κ1) is 21.3. The molecule has 0 N–H and O–H groups in total. The van der Waals surface area contributed by atoms with Gasteiger partial charge in [0.25, 0.3) is 0 Å². The molecule has 168 valence electrons. The molecule has 0 fully saturated rings. The second kappa shape index (κ2) is 8.83. The molecule has 3 unspecified atom stereocenters. The van der Waals surface area contributed by atoms with E-state index in [0.29, 0.717) is 5.92 Å². The van der Waals surface area contributed by atoms with Crippen LogP contribution in [0.25, 0.3) is 34.3 Å². The fourth-order valence-electron chi connectivity index (χ4n) is 5.57. The van der Waals surface area contributed by atoms with Gasteiger partial charge in [-0.1, -0.05) is 85.2 Å². The van der Waals surface area contributed by atoms with Crippen molar-refractivity contribution in [2.45, 2.75) is 19.8 Å². The van der Waals surface area contributed by atoms with Gasteiger partial charge in [-0.05, 0) is 59.7 Å². The molecule has 6 rings (SSSR count). The Hall–Kier alpha value is -4.27. The van der Waals surface area contributed by atoms with Gasteiger partial charge in [0.2, 0.25) is 0 Å². The largest absolute Gasteiger partial charge is 0.309 e. The second-order valence-electron chi connectivity index (χ2n) is 9.47. The Labute approximate surface area is 206 Å². The molecule has 35 heavy (non-hydrogen) atoms. The summed E-state index contributed by atoms with van der Waals surface area (Å²) in [6.07, 6.45) is 19.4. The topological polar surface area (TPSA) is 28.7 Å². The Kier molecular flexibility index (Phi) is 5.36. The molecule has 3 aliphatic rings. The maximum absolute atomic E-state index is 9.69. The maximum Gasteiger partial charge on any atom is 0.0701 e. The Morgan fingerprint density at radius 2 is 1.86 bits per heavy atom. The van der Waals surface area contributed by atoms with E-state index in [0.717, 1.165) is 24.2 Å². The SMILES string of the molecule is CC1C=CCC=CC1C1=CC(C#N)CC=C1c1cccc(-n2c3c(c4ccccc42)C=C=C=C3)c1. The molecule has 3 atom stereocenters. The van der Waals surface area contributed by atoms with Gasteiger partial charge >= 0.3 is 0 Å². The van der Waals surface area contributed by atoms with E-state index in [2.05, 4.69) is 114 Å². The lowest BCUT2D eigenvalue weighted by molar-refractivity contribution is 0.589. The van der Waals surface area contributed by atoms with Gasteiger partial charge in [-0.25, -0.2) is 0 Å². The molecule has 0 spiro atoms. The highest BCUT2D eigenvalue weighted by molar-refractivity contribution is 5.96. The van der Waals surface area contributed by atoms with Gasteiger partial charge in [0.15, 0.2) is 0 Å². The predicted molar refractivity (Wildman–Crippen MR) is 145 cm³/mol. The standard InChI is InChI=1S/C33H26N2/c1-23-10-3-2-4-13-27(23)31-20-24(22-34)18-19-28(31)25-11-9-12-26(21-25)35-32-16-7-5-14-29(32)30-15-6-8-17-33(30)35/h3-5,7,9-17,19-21,23-24,27H,2,18H2,1H3. The van der Waals surface area contributed by atoms with Gasteiger partial charge in [-0.2, -0.15) is 5.26 Å². The molecule has 0 bridgehead atoms. The molecule has 1 heterocycles. The zero-order chi connectivity index (χ0) is 23.8. The smallest absolute Gasteiger partial charge is 0.0701 e. The lowest BCUT2D eigenvalue weighted by atomic mass is 9.76. The van der Waals surface area contributed by atoms with Crippen LogP contribution in [0.3, 0.4) is 0 Å². The number of rotatable bonds is 3. The Morgan fingerprint density at radius 3 is 2.77 bits per heavy atom. The highest BCUT2D eigenvalue weighted by Crippen LogP contribution is 2.41. The summed E-state index contributed by atoms with van der Waals surface area (Å²) in [6.45, 7) is 2.27. The minimum absolute atomic E-state index is 0.0751. The predicted octanol–water partition coefficient (Wildman–Crippen LogP) is 8.05.